The second-order valence-electron chi connectivity index (χ2n) is 4.91. The third-order valence-electron chi connectivity index (χ3n) is 3.61. The van der Waals surface area contributed by atoms with Crippen molar-refractivity contribution in [3.63, 3.8) is 0 Å². The Balaban J connectivity index is 2.46. The SMILES string of the molecule is [N-]=[N+]=CC(=O)C1C[C@H](c2c(F)c(F)cc(F)c2F)CN1C(=O)O. The fraction of sp³-hybridized carbons (Fsp3) is 0.308. The standard InChI is InChI=1S/C13H9F4N3O3/c14-6-2-7(15)12(17)10(11(6)16)5-1-8(9(21)3-19-18)20(4-5)13(22)23/h2-3,5,8H,1,4H2,(H,22,23)/t5-,8?/m0/s1. The van der Waals surface area contributed by atoms with Gasteiger partial charge in [0, 0.05) is 24.1 Å². The molecule has 1 amide bonds. The number of rotatable bonds is 3. The molecule has 1 aromatic carbocycles. The summed E-state index contributed by atoms with van der Waals surface area (Å²) in [7, 11) is 0. The Morgan fingerprint density at radius 2 is 1.83 bits per heavy atom. The Kier molecular flexibility index (Phi) is 4.46. The second kappa shape index (κ2) is 6.17. The molecule has 0 aliphatic carbocycles. The molecule has 1 unspecified atom stereocenters. The molecule has 10 heteroatoms. The number of carboxylic acid groups (broad SMARTS) is 1. The van der Waals surface area contributed by atoms with Crippen LogP contribution < -0.4 is 0 Å². The van der Waals surface area contributed by atoms with Crippen molar-refractivity contribution < 1.29 is 37.0 Å². The smallest absolute Gasteiger partial charge is 0.407 e. The van der Waals surface area contributed by atoms with E-state index in [4.69, 9.17) is 10.6 Å². The molecular weight excluding hydrogens is 322 g/mol. The first-order chi connectivity index (χ1) is 10.8. The molecule has 23 heavy (non-hydrogen) atoms. The van der Waals surface area contributed by atoms with E-state index in [-0.39, 0.29) is 6.07 Å². The summed E-state index contributed by atoms with van der Waals surface area (Å²) < 4.78 is 54.1. The Morgan fingerprint density at radius 3 is 2.30 bits per heavy atom. The number of carbonyl (C=O) groups is 2. The average molecular weight is 331 g/mol. The van der Waals surface area contributed by atoms with Gasteiger partial charge in [-0.05, 0) is 6.42 Å². The van der Waals surface area contributed by atoms with Crippen LogP contribution in [0, 0.1) is 23.3 Å². The minimum atomic E-state index is -1.64. The van der Waals surface area contributed by atoms with Crippen LogP contribution in [-0.2, 0) is 4.79 Å². The monoisotopic (exact) mass is 331 g/mol. The molecule has 1 heterocycles. The van der Waals surface area contributed by atoms with E-state index in [2.05, 4.69) is 4.79 Å². The maximum absolute atomic E-state index is 13.8. The van der Waals surface area contributed by atoms with Crippen molar-refractivity contribution in [3.8, 4) is 0 Å². The zero-order chi connectivity index (χ0) is 17.3. The van der Waals surface area contributed by atoms with Gasteiger partial charge >= 0.3 is 12.3 Å². The lowest BCUT2D eigenvalue weighted by Crippen LogP contribution is -2.40. The van der Waals surface area contributed by atoms with Crippen molar-refractivity contribution in [2.45, 2.75) is 18.4 Å². The largest absolute Gasteiger partial charge is 0.465 e. The zero-order valence-corrected chi connectivity index (χ0v) is 11.3. The molecule has 0 spiro atoms. The highest BCUT2D eigenvalue weighted by molar-refractivity contribution is 6.28. The summed E-state index contributed by atoms with van der Waals surface area (Å²) in [5, 5.41) is 9.04. The molecule has 1 aliphatic heterocycles. The number of ketones is 1. The molecule has 0 saturated carbocycles. The van der Waals surface area contributed by atoms with Crippen molar-refractivity contribution in [1.29, 1.82) is 0 Å². The number of benzene rings is 1. The van der Waals surface area contributed by atoms with E-state index in [1.54, 1.807) is 0 Å². The number of nitrogens with zero attached hydrogens (tertiary/aromatic N) is 3. The molecule has 0 bridgehead atoms. The van der Waals surface area contributed by atoms with E-state index in [0.717, 1.165) is 0 Å². The third-order valence-corrected chi connectivity index (χ3v) is 3.61. The fourth-order valence-corrected chi connectivity index (χ4v) is 2.62. The maximum atomic E-state index is 13.8. The summed E-state index contributed by atoms with van der Waals surface area (Å²) in [6, 6.07) is -1.34. The fourth-order valence-electron chi connectivity index (χ4n) is 2.62. The summed E-state index contributed by atoms with van der Waals surface area (Å²) in [4.78, 5) is 25.9. The number of halogens is 4. The summed E-state index contributed by atoms with van der Waals surface area (Å²) in [6.07, 6.45) is -1.52. The van der Waals surface area contributed by atoms with Crippen LogP contribution in [0.3, 0.4) is 0 Å². The van der Waals surface area contributed by atoms with Gasteiger partial charge < -0.3 is 10.6 Å². The molecule has 1 fully saturated rings. The minimum Gasteiger partial charge on any atom is -0.465 e. The number of likely N-dealkylation sites (tertiary alicyclic amines) is 1. The van der Waals surface area contributed by atoms with E-state index in [1.807, 2.05) is 0 Å². The molecule has 1 N–H and O–H groups in total. The predicted molar refractivity (Wildman–Crippen MR) is 66.8 cm³/mol. The van der Waals surface area contributed by atoms with Crippen LogP contribution >= 0.6 is 0 Å². The molecule has 2 rings (SSSR count). The Labute approximate surface area is 126 Å². The summed E-state index contributed by atoms with van der Waals surface area (Å²) in [5.74, 6) is -8.70. The first-order valence-electron chi connectivity index (χ1n) is 6.31. The van der Waals surface area contributed by atoms with Crippen molar-refractivity contribution >= 4 is 18.1 Å². The van der Waals surface area contributed by atoms with Crippen LogP contribution in [0.5, 0.6) is 0 Å². The minimum absolute atomic E-state index is 0.0408. The lowest BCUT2D eigenvalue weighted by Gasteiger charge is -2.17. The number of hydrogen-bond acceptors (Lipinski definition) is 2. The first-order valence-corrected chi connectivity index (χ1v) is 6.31. The van der Waals surface area contributed by atoms with Crippen LogP contribution in [-0.4, -0.2) is 45.5 Å². The zero-order valence-electron chi connectivity index (χ0n) is 11.3. The van der Waals surface area contributed by atoms with Crippen molar-refractivity contribution in [2.75, 3.05) is 6.54 Å². The first kappa shape index (κ1) is 16.6. The molecule has 122 valence electrons. The average Bonchev–Trinajstić information content (AvgIpc) is 2.91. The molecule has 1 aliphatic rings. The summed E-state index contributed by atoms with van der Waals surface area (Å²) in [6.45, 7) is -0.540. The second-order valence-corrected chi connectivity index (χ2v) is 4.91. The number of carbonyl (C=O) groups excluding carboxylic acids is 1. The van der Waals surface area contributed by atoms with Gasteiger partial charge in [0.1, 0.15) is 6.04 Å². The van der Waals surface area contributed by atoms with Gasteiger partial charge in [-0.25, -0.2) is 22.4 Å². The number of hydrogen-bond donors (Lipinski definition) is 1. The van der Waals surface area contributed by atoms with Crippen molar-refractivity contribution in [2.24, 2.45) is 0 Å². The van der Waals surface area contributed by atoms with E-state index in [9.17, 15) is 27.2 Å². The normalized spacial score (nSPS) is 20.3. The van der Waals surface area contributed by atoms with Crippen molar-refractivity contribution in [3.05, 3.63) is 40.4 Å². The van der Waals surface area contributed by atoms with Gasteiger partial charge in [-0.2, -0.15) is 4.79 Å². The maximum Gasteiger partial charge on any atom is 0.407 e. The third kappa shape index (κ3) is 2.93. The van der Waals surface area contributed by atoms with E-state index in [1.165, 1.54) is 0 Å². The quantitative estimate of drug-likeness (QED) is 0.301. The molecule has 0 aromatic heterocycles. The highest BCUT2D eigenvalue weighted by Crippen LogP contribution is 2.36. The van der Waals surface area contributed by atoms with Crippen LogP contribution in [0.25, 0.3) is 5.53 Å². The summed E-state index contributed by atoms with van der Waals surface area (Å²) in [5.41, 5.74) is 7.38. The lowest BCUT2D eigenvalue weighted by atomic mass is 9.94. The molecule has 1 aromatic rings. The van der Waals surface area contributed by atoms with Crippen LogP contribution in [0.2, 0.25) is 0 Å². The van der Waals surface area contributed by atoms with Crippen molar-refractivity contribution in [1.82, 2.24) is 4.90 Å². The van der Waals surface area contributed by atoms with Gasteiger partial charge in [0.05, 0.1) is 0 Å². The summed E-state index contributed by atoms with van der Waals surface area (Å²) >= 11 is 0. The van der Waals surface area contributed by atoms with Gasteiger partial charge in [-0.15, -0.1) is 0 Å². The van der Waals surface area contributed by atoms with Gasteiger partial charge in [0.15, 0.2) is 23.3 Å². The van der Waals surface area contributed by atoms with E-state index in [0.29, 0.717) is 11.1 Å². The van der Waals surface area contributed by atoms with Gasteiger partial charge in [0.25, 0.3) is 5.78 Å². The van der Waals surface area contributed by atoms with Crippen LogP contribution in [0.1, 0.15) is 17.9 Å². The van der Waals surface area contributed by atoms with Gasteiger partial charge in [-0.1, -0.05) is 0 Å². The topological polar surface area (TPSA) is 94.0 Å². The highest BCUT2D eigenvalue weighted by atomic mass is 19.2. The van der Waals surface area contributed by atoms with Gasteiger partial charge in [-0.3, -0.25) is 9.69 Å². The lowest BCUT2D eigenvalue weighted by molar-refractivity contribution is -0.119. The molecule has 0 radical (unpaired) electrons. The molecule has 1 saturated heterocycles. The number of Topliss-reactive ketones (excluding diaryl/α,β-unsaturated/α-hetero) is 1. The van der Waals surface area contributed by atoms with E-state index < -0.39 is 65.6 Å². The molecule has 6 nitrogen and oxygen atoms in total. The highest BCUT2D eigenvalue weighted by Gasteiger charge is 2.43. The van der Waals surface area contributed by atoms with Gasteiger partial charge in [0.2, 0.25) is 0 Å². The van der Waals surface area contributed by atoms with E-state index >= 15 is 0 Å². The Hall–Kier alpha value is -2.74. The Morgan fingerprint density at radius 1 is 1.26 bits per heavy atom. The predicted octanol–water partition coefficient (Wildman–Crippen LogP) is 1.95. The molecule has 2 atom stereocenters. The number of amides is 1. The van der Waals surface area contributed by atoms with Crippen LogP contribution in [0.4, 0.5) is 22.4 Å². The molecular formula is C13H9F4N3O3. The van der Waals surface area contributed by atoms with Crippen LogP contribution in [0.15, 0.2) is 6.07 Å². The Bertz CT molecular complexity index is 707.